The number of fused-ring (bicyclic) bond motifs is 1. The molecule has 1 aliphatic rings. The second-order valence-corrected chi connectivity index (χ2v) is 5.58. The molecule has 1 atom stereocenters. The summed E-state index contributed by atoms with van der Waals surface area (Å²) in [5.41, 5.74) is 0.660. The van der Waals surface area contributed by atoms with E-state index >= 15 is 0 Å². The Labute approximate surface area is 134 Å². The van der Waals surface area contributed by atoms with E-state index in [0.29, 0.717) is 24.5 Å². The number of benzene rings is 2. The number of carbonyl (C=O) groups is 1. The van der Waals surface area contributed by atoms with E-state index in [-0.39, 0.29) is 24.2 Å². The van der Waals surface area contributed by atoms with Gasteiger partial charge < -0.3 is 14.4 Å². The first-order valence-electron chi connectivity index (χ1n) is 7.49. The van der Waals surface area contributed by atoms with E-state index in [9.17, 15) is 9.18 Å². The van der Waals surface area contributed by atoms with Crippen LogP contribution in [0.4, 0.5) is 4.39 Å². The highest BCUT2D eigenvalue weighted by Crippen LogP contribution is 2.30. The van der Waals surface area contributed by atoms with Crippen LogP contribution in [0.2, 0.25) is 0 Å². The fraction of sp³-hybridized carbons (Fsp3) is 0.278. The maximum Gasteiger partial charge on any atom is 0.226 e. The zero-order chi connectivity index (χ0) is 16.2. The molecule has 0 aliphatic carbocycles. The van der Waals surface area contributed by atoms with Gasteiger partial charge in [0.15, 0.2) is 17.6 Å². The topological polar surface area (TPSA) is 38.8 Å². The highest BCUT2D eigenvalue weighted by molar-refractivity contribution is 5.78. The lowest BCUT2D eigenvalue weighted by molar-refractivity contribution is -0.130. The van der Waals surface area contributed by atoms with Gasteiger partial charge in [0.1, 0.15) is 12.4 Å². The maximum atomic E-state index is 13.2. The molecule has 0 aromatic heterocycles. The Morgan fingerprint density at radius 2 is 2.00 bits per heavy atom. The van der Waals surface area contributed by atoms with Crippen molar-refractivity contribution in [3.05, 3.63) is 59.9 Å². The van der Waals surface area contributed by atoms with E-state index in [4.69, 9.17) is 9.47 Å². The van der Waals surface area contributed by atoms with E-state index < -0.39 is 0 Å². The maximum absolute atomic E-state index is 13.2. The first kappa shape index (κ1) is 15.3. The Hall–Kier alpha value is -2.56. The minimum Gasteiger partial charge on any atom is -0.486 e. The number of amides is 1. The molecule has 0 bridgehead atoms. The minimum absolute atomic E-state index is 0.0851. The number of carbonyl (C=O) groups excluding carboxylic acids is 1. The lowest BCUT2D eigenvalue weighted by Gasteiger charge is -2.29. The quantitative estimate of drug-likeness (QED) is 0.871. The van der Waals surface area contributed by atoms with Gasteiger partial charge in [-0.2, -0.15) is 0 Å². The molecule has 0 radical (unpaired) electrons. The van der Waals surface area contributed by atoms with Crippen LogP contribution in [-0.4, -0.2) is 37.1 Å². The molecule has 2 aromatic rings. The summed E-state index contributed by atoms with van der Waals surface area (Å²) >= 11 is 0. The van der Waals surface area contributed by atoms with Gasteiger partial charge in [-0.1, -0.05) is 24.3 Å². The average Bonchev–Trinajstić information content (AvgIpc) is 2.54. The first-order chi connectivity index (χ1) is 11.1. The third-order valence-corrected chi connectivity index (χ3v) is 3.72. The van der Waals surface area contributed by atoms with E-state index in [2.05, 4.69) is 0 Å². The highest BCUT2D eigenvalue weighted by Gasteiger charge is 2.23. The van der Waals surface area contributed by atoms with E-state index in [1.54, 1.807) is 24.1 Å². The van der Waals surface area contributed by atoms with E-state index in [1.165, 1.54) is 12.1 Å². The summed E-state index contributed by atoms with van der Waals surface area (Å²) in [6.45, 7) is 0.817. The molecule has 3 rings (SSSR count). The molecule has 1 amide bonds. The van der Waals surface area contributed by atoms with Crippen molar-refractivity contribution in [3.63, 3.8) is 0 Å². The Morgan fingerprint density at radius 1 is 1.22 bits per heavy atom. The van der Waals surface area contributed by atoms with E-state index in [0.717, 1.165) is 5.75 Å². The second kappa shape index (κ2) is 6.69. The molecular weight excluding hydrogens is 297 g/mol. The monoisotopic (exact) mass is 315 g/mol. The number of ether oxygens (including phenoxy) is 2. The van der Waals surface area contributed by atoms with Crippen molar-refractivity contribution < 1.29 is 18.7 Å². The second-order valence-electron chi connectivity index (χ2n) is 5.58. The number of nitrogens with zero attached hydrogens (tertiary/aromatic N) is 1. The van der Waals surface area contributed by atoms with Gasteiger partial charge in [-0.3, -0.25) is 4.79 Å². The molecular formula is C18H18FNO3. The SMILES string of the molecule is CN(C[C@@H]1COc2ccccc2O1)C(=O)Cc1cccc(F)c1. The van der Waals surface area contributed by atoms with Crippen molar-refractivity contribution >= 4 is 5.91 Å². The molecule has 0 saturated heterocycles. The molecule has 0 N–H and O–H groups in total. The third-order valence-electron chi connectivity index (χ3n) is 3.72. The highest BCUT2D eigenvalue weighted by atomic mass is 19.1. The van der Waals surface area contributed by atoms with Crippen molar-refractivity contribution in [2.45, 2.75) is 12.5 Å². The van der Waals surface area contributed by atoms with Crippen LogP contribution in [0, 0.1) is 5.82 Å². The Bertz CT molecular complexity index is 704. The van der Waals surface area contributed by atoms with Crippen LogP contribution in [0.1, 0.15) is 5.56 Å². The summed E-state index contributed by atoms with van der Waals surface area (Å²) in [5.74, 6) is 0.990. The Kier molecular flexibility index (Phi) is 4.46. The summed E-state index contributed by atoms with van der Waals surface area (Å²) in [6, 6.07) is 13.5. The zero-order valence-electron chi connectivity index (χ0n) is 12.9. The van der Waals surface area contributed by atoms with Crippen molar-refractivity contribution in [2.75, 3.05) is 20.2 Å². The van der Waals surface area contributed by atoms with Crippen LogP contribution in [0.3, 0.4) is 0 Å². The fourth-order valence-corrected chi connectivity index (χ4v) is 2.52. The van der Waals surface area contributed by atoms with Crippen LogP contribution < -0.4 is 9.47 Å². The standard InChI is InChI=1S/C18H18FNO3/c1-20(18(21)10-13-5-4-6-14(19)9-13)11-15-12-22-16-7-2-3-8-17(16)23-15/h2-9,15H,10-12H2,1H3/t15-/m1/s1. The Balaban J connectivity index is 1.57. The average molecular weight is 315 g/mol. The van der Waals surface area contributed by atoms with Crippen LogP contribution in [-0.2, 0) is 11.2 Å². The van der Waals surface area contributed by atoms with Crippen LogP contribution >= 0.6 is 0 Å². The molecule has 0 unspecified atom stereocenters. The van der Waals surface area contributed by atoms with Crippen molar-refractivity contribution in [1.29, 1.82) is 0 Å². The summed E-state index contributed by atoms with van der Waals surface area (Å²) in [7, 11) is 1.71. The number of rotatable bonds is 4. The molecule has 120 valence electrons. The normalized spacial score (nSPS) is 16.0. The number of likely N-dealkylation sites (N-methyl/N-ethyl adjacent to an activating group) is 1. The van der Waals surface area contributed by atoms with Crippen molar-refractivity contribution in [3.8, 4) is 11.5 Å². The van der Waals surface area contributed by atoms with E-state index in [1.807, 2.05) is 24.3 Å². The molecule has 0 spiro atoms. The number of para-hydroxylation sites is 2. The lowest BCUT2D eigenvalue weighted by atomic mass is 10.1. The smallest absolute Gasteiger partial charge is 0.226 e. The molecule has 4 nitrogen and oxygen atoms in total. The fourth-order valence-electron chi connectivity index (χ4n) is 2.52. The van der Waals surface area contributed by atoms with Gasteiger partial charge in [0, 0.05) is 7.05 Å². The lowest BCUT2D eigenvalue weighted by Crippen LogP contribution is -2.42. The zero-order valence-corrected chi connectivity index (χ0v) is 12.9. The molecule has 5 heteroatoms. The Morgan fingerprint density at radius 3 is 2.78 bits per heavy atom. The minimum atomic E-state index is -0.335. The third kappa shape index (κ3) is 3.80. The molecule has 2 aromatic carbocycles. The van der Waals surface area contributed by atoms with Gasteiger partial charge >= 0.3 is 0 Å². The summed E-state index contributed by atoms with van der Waals surface area (Å²) in [6.07, 6.45) is -0.0512. The number of hydrogen-bond donors (Lipinski definition) is 0. The molecule has 0 saturated carbocycles. The predicted molar refractivity (Wildman–Crippen MR) is 84.1 cm³/mol. The van der Waals surface area contributed by atoms with Gasteiger partial charge in [-0.15, -0.1) is 0 Å². The number of halogens is 1. The van der Waals surface area contributed by atoms with Gasteiger partial charge in [-0.25, -0.2) is 4.39 Å². The van der Waals surface area contributed by atoms with Gasteiger partial charge in [0.2, 0.25) is 5.91 Å². The van der Waals surface area contributed by atoms with Crippen LogP contribution in [0.5, 0.6) is 11.5 Å². The van der Waals surface area contributed by atoms with Gasteiger partial charge in [0.05, 0.1) is 13.0 Å². The summed E-state index contributed by atoms with van der Waals surface area (Å²) < 4.78 is 24.7. The molecule has 1 aliphatic heterocycles. The van der Waals surface area contributed by atoms with Crippen LogP contribution in [0.25, 0.3) is 0 Å². The van der Waals surface area contributed by atoms with Gasteiger partial charge in [-0.05, 0) is 29.8 Å². The van der Waals surface area contributed by atoms with Crippen molar-refractivity contribution in [2.24, 2.45) is 0 Å². The predicted octanol–water partition coefficient (Wildman–Crippen LogP) is 2.67. The summed E-state index contributed by atoms with van der Waals surface area (Å²) in [4.78, 5) is 13.8. The van der Waals surface area contributed by atoms with Crippen LogP contribution in [0.15, 0.2) is 48.5 Å². The first-order valence-corrected chi connectivity index (χ1v) is 7.49. The molecule has 23 heavy (non-hydrogen) atoms. The number of hydrogen-bond acceptors (Lipinski definition) is 3. The largest absolute Gasteiger partial charge is 0.486 e. The van der Waals surface area contributed by atoms with Crippen molar-refractivity contribution in [1.82, 2.24) is 4.90 Å². The molecule has 1 heterocycles. The molecule has 0 fully saturated rings. The van der Waals surface area contributed by atoms with Gasteiger partial charge in [0.25, 0.3) is 0 Å². The summed E-state index contributed by atoms with van der Waals surface area (Å²) in [5, 5.41) is 0.